The Morgan fingerprint density at radius 1 is 0.958 bits per heavy atom. The molecule has 1 N–H and O–H groups in total. The van der Waals surface area contributed by atoms with Gasteiger partial charge in [0.25, 0.3) is 11.5 Å². The van der Waals surface area contributed by atoms with Crippen LogP contribution in [0.15, 0.2) is 58.3 Å². The van der Waals surface area contributed by atoms with Crippen LogP contribution in [0.5, 0.6) is 5.88 Å². The number of aromatic nitrogens is 3. The van der Waals surface area contributed by atoms with Gasteiger partial charge in [-0.15, -0.1) is 0 Å². The van der Waals surface area contributed by atoms with Crippen LogP contribution >= 0.6 is 23.2 Å². The number of ether oxygens (including phenoxy) is 1. The van der Waals surface area contributed by atoms with Crippen molar-refractivity contribution in [2.24, 2.45) is 14.1 Å². The third-order valence-corrected chi connectivity index (χ3v) is 10.6. The summed E-state index contributed by atoms with van der Waals surface area (Å²) in [7, 11) is 4.42. The summed E-state index contributed by atoms with van der Waals surface area (Å²) in [6.45, 7) is 2.44. The SMILES string of the molecule is COc1nc(-c2cccc(-c3cccc(NC(=O)c4cn(C)c(=O)n(C)c4=O)c3Cl)c2Cl)cc2c1C(N1CCN3C(=O)CCC3C1)CC2. The molecule has 13 heteroatoms. The van der Waals surface area contributed by atoms with Crippen molar-refractivity contribution in [1.82, 2.24) is 23.9 Å². The zero-order valence-electron chi connectivity index (χ0n) is 26.8. The molecule has 7 rings (SSSR count). The van der Waals surface area contributed by atoms with Gasteiger partial charge in [0, 0.05) is 80.7 Å². The van der Waals surface area contributed by atoms with Gasteiger partial charge in [-0.25, -0.2) is 9.78 Å². The molecule has 1 aliphatic carbocycles. The first-order valence-electron chi connectivity index (χ1n) is 15.8. The maximum absolute atomic E-state index is 13.1. The van der Waals surface area contributed by atoms with Crippen molar-refractivity contribution in [1.29, 1.82) is 0 Å². The normalized spacial score (nSPS) is 18.9. The number of halogens is 2. The predicted octanol–water partition coefficient (Wildman–Crippen LogP) is 4.67. The van der Waals surface area contributed by atoms with Crippen LogP contribution in [0.4, 0.5) is 5.69 Å². The highest BCUT2D eigenvalue weighted by Gasteiger charge is 2.40. The van der Waals surface area contributed by atoms with E-state index in [0.29, 0.717) is 39.7 Å². The molecule has 248 valence electrons. The Hall–Kier alpha value is -4.45. The van der Waals surface area contributed by atoms with Crippen molar-refractivity contribution >= 4 is 40.7 Å². The average molecular weight is 690 g/mol. The van der Waals surface area contributed by atoms with E-state index in [1.807, 2.05) is 23.1 Å². The number of methoxy groups -OCH3 is 1. The van der Waals surface area contributed by atoms with Gasteiger partial charge < -0.3 is 19.5 Å². The van der Waals surface area contributed by atoms with Gasteiger partial charge in [-0.05, 0) is 37.0 Å². The lowest BCUT2D eigenvalue weighted by Gasteiger charge is -2.41. The minimum Gasteiger partial charge on any atom is -0.481 e. The van der Waals surface area contributed by atoms with E-state index in [2.05, 4.69) is 16.3 Å². The zero-order chi connectivity index (χ0) is 33.9. The number of nitrogens with zero attached hydrogens (tertiary/aromatic N) is 5. The number of piperazine rings is 1. The molecule has 4 heterocycles. The molecule has 11 nitrogen and oxygen atoms in total. The number of pyridine rings is 1. The molecule has 48 heavy (non-hydrogen) atoms. The lowest BCUT2D eigenvalue weighted by Crippen LogP contribution is -2.52. The summed E-state index contributed by atoms with van der Waals surface area (Å²) < 4.78 is 7.93. The molecule has 2 atom stereocenters. The lowest BCUT2D eigenvalue weighted by atomic mass is 9.99. The van der Waals surface area contributed by atoms with Crippen molar-refractivity contribution in [2.45, 2.75) is 37.8 Å². The Kier molecular flexibility index (Phi) is 8.39. The van der Waals surface area contributed by atoms with Crippen LogP contribution in [-0.4, -0.2) is 68.5 Å². The zero-order valence-corrected chi connectivity index (χ0v) is 28.3. The molecular weight excluding hydrogens is 655 g/mol. The molecule has 2 saturated heterocycles. The standard InChI is InChI=1S/C35H34Cl2N6O5/c1-40-18-24(34(46)41(2)35(40)47)32(45)38-25-9-5-7-22(31(25)37)21-6-4-8-23(30(21)36)26-16-19-10-12-27(29(19)33(39-26)48-3)42-14-15-43-20(17-42)11-13-28(43)44/h4-9,16,18,20,27H,10-15,17H2,1-3H3,(H,38,45). The number of nitrogens with one attached hydrogen (secondary N) is 1. The van der Waals surface area contributed by atoms with Crippen LogP contribution in [0.3, 0.4) is 0 Å². The van der Waals surface area contributed by atoms with E-state index < -0.39 is 17.2 Å². The summed E-state index contributed by atoms with van der Waals surface area (Å²) in [5, 5.41) is 3.38. The summed E-state index contributed by atoms with van der Waals surface area (Å²) in [5.41, 5.74) is 3.69. The first kappa shape index (κ1) is 32.1. The van der Waals surface area contributed by atoms with Crippen LogP contribution in [-0.2, 0) is 25.3 Å². The van der Waals surface area contributed by atoms with E-state index in [4.69, 9.17) is 32.9 Å². The Morgan fingerprint density at radius 2 is 1.69 bits per heavy atom. The van der Waals surface area contributed by atoms with Gasteiger partial charge in [-0.2, -0.15) is 0 Å². The van der Waals surface area contributed by atoms with Gasteiger partial charge in [0.1, 0.15) is 5.56 Å². The molecule has 2 unspecified atom stereocenters. The van der Waals surface area contributed by atoms with Gasteiger partial charge in [-0.3, -0.25) is 23.9 Å². The van der Waals surface area contributed by atoms with Crippen LogP contribution in [0.2, 0.25) is 10.0 Å². The number of carbonyl (C=O) groups excluding carboxylic acids is 2. The number of anilines is 1. The molecule has 2 fully saturated rings. The largest absolute Gasteiger partial charge is 0.481 e. The third kappa shape index (κ3) is 5.39. The first-order valence-corrected chi connectivity index (χ1v) is 16.6. The number of rotatable bonds is 6. The van der Waals surface area contributed by atoms with E-state index >= 15 is 0 Å². The van der Waals surface area contributed by atoms with Crippen LogP contribution in [0.1, 0.15) is 46.8 Å². The molecule has 0 radical (unpaired) electrons. The van der Waals surface area contributed by atoms with Crippen LogP contribution in [0, 0.1) is 0 Å². The van der Waals surface area contributed by atoms with Gasteiger partial charge >= 0.3 is 5.69 Å². The third-order valence-electron chi connectivity index (χ3n) is 9.79. The van der Waals surface area contributed by atoms with Crippen LogP contribution < -0.4 is 21.3 Å². The predicted molar refractivity (Wildman–Crippen MR) is 184 cm³/mol. The van der Waals surface area contributed by atoms with E-state index in [0.717, 1.165) is 49.0 Å². The number of fused-ring (bicyclic) bond motifs is 2. The van der Waals surface area contributed by atoms with Gasteiger partial charge in [-0.1, -0.05) is 53.5 Å². The Bertz CT molecular complexity index is 2110. The van der Waals surface area contributed by atoms with Crippen molar-refractivity contribution in [3.8, 4) is 28.3 Å². The molecule has 2 aromatic heterocycles. The van der Waals surface area contributed by atoms with Crippen LogP contribution in [0.25, 0.3) is 22.4 Å². The van der Waals surface area contributed by atoms with Crippen molar-refractivity contribution < 1.29 is 14.3 Å². The molecule has 0 spiro atoms. The second-order valence-electron chi connectivity index (χ2n) is 12.5. The number of hydrogen-bond acceptors (Lipinski definition) is 7. The summed E-state index contributed by atoms with van der Waals surface area (Å²) in [4.78, 5) is 59.6. The van der Waals surface area contributed by atoms with Gasteiger partial charge in [0.2, 0.25) is 11.8 Å². The maximum Gasteiger partial charge on any atom is 0.330 e. The first-order chi connectivity index (χ1) is 23.1. The smallest absolute Gasteiger partial charge is 0.330 e. The van der Waals surface area contributed by atoms with Gasteiger partial charge in [0.05, 0.1) is 28.5 Å². The van der Waals surface area contributed by atoms with E-state index in [1.54, 1.807) is 25.3 Å². The molecule has 2 amide bonds. The fourth-order valence-electron chi connectivity index (χ4n) is 7.34. The number of amides is 2. The maximum atomic E-state index is 13.1. The molecule has 2 aliphatic heterocycles. The summed E-state index contributed by atoms with van der Waals surface area (Å²) in [6, 6.07) is 13.3. The molecule has 2 aromatic carbocycles. The number of hydrogen-bond donors (Lipinski definition) is 1. The highest BCUT2D eigenvalue weighted by molar-refractivity contribution is 6.39. The monoisotopic (exact) mass is 688 g/mol. The molecule has 0 saturated carbocycles. The topological polar surface area (TPSA) is 119 Å². The molecule has 0 bridgehead atoms. The van der Waals surface area contributed by atoms with Gasteiger partial charge in [0.15, 0.2) is 0 Å². The highest BCUT2D eigenvalue weighted by atomic mass is 35.5. The Morgan fingerprint density at radius 3 is 2.46 bits per heavy atom. The van der Waals surface area contributed by atoms with Crippen molar-refractivity contribution in [3.63, 3.8) is 0 Å². The fraction of sp³-hybridized carbons (Fsp3) is 0.343. The Labute approximate surface area is 286 Å². The van der Waals surface area contributed by atoms with Crippen molar-refractivity contribution in [3.05, 3.63) is 96.2 Å². The van der Waals surface area contributed by atoms with E-state index in [1.165, 1.54) is 30.4 Å². The summed E-state index contributed by atoms with van der Waals surface area (Å²) in [6.07, 6.45) is 4.57. The molecule has 3 aliphatic rings. The summed E-state index contributed by atoms with van der Waals surface area (Å²) >= 11 is 13.9. The molecular formula is C35H34Cl2N6O5. The second kappa shape index (κ2) is 12.5. The number of benzene rings is 2. The van der Waals surface area contributed by atoms with E-state index in [9.17, 15) is 19.2 Å². The quantitative estimate of drug-likeness (QED) is 0.313. The minimum atomic E-state index is -0.713. The second-order valence-corrected chi connectivity index (χ2v) is 13.3. The minimum absolute atomic E-state index is 0.175. The number of aryl methyl sites for hydroxylation is 2. The highest BCUT2D eigenvalue weighted by Crippen LogP contribution is 2.46. The fourth-order valence-corrected chi connectivity index (χ4v) is 7.94. The Balaban J connectivity index is 1.19. The van der Waals surface area contributed by atoms with E-state index in [-0.39, 0.29) is 34.3 Å². The summed E-state index contributed by atoms with van der Waals surface area (Å²) in [5.74, 6) is 0.140. The van der Waals surface area contributed by atoms with Crippen molar-refractivity contribution in [2.75, 3.05) is 32.1 Å². The number of carbonyl (C=O) groups is 2. The average Bonchev–Trinajstić information content (AvgIpc) is 3.69. The molecule has 4 aromatic rings. The lowest BCUT2D eigenvalue weighted by molar-refractivity contribution is -0.131.